The summed E-state index contributed by atoms with van der Waals surface area (Å²) in [5.41, 5.74) is 8.78. The molecule has 1 N–H and O–H groups in total. The second-order valence-corrected chi connectivity index (χ2v) is 31.2. The van der Waals surface area contributed by atoms with Gasteiger partial charge < -0.3 is 0 Å². The van der Waals surface area contributed by atoms with Gasteiger partial charge in [-0.3, -0.25) is 0 Å². The summed E-state index contributed by atoms with van der Waals surface area (Å²) in [5.74, 6) is 0. The van der Waals surface area contributed by atoms with Gasteiger partial charge in [0.25, 0.3) is 0 Å². The Balaban J connectivity index is 1.84. The summed E-state index contributed by atoms with van der Waals surface area (Å²) in [7, 11) is 16.1. The summed E-state index contributed by atoms with van der Waals surface area (Å²) in [6, 6.07) is 23.7. The van der Waals surface area contributed by atoms with Crippen molar-refractivity contribution in [3.05, 3.63) is 101 Å². The molecule has 0 radical (unpaired) electrons. The molecule has 0 aromatic heterocycles. The van der Waals surface area contributed by atoms with Crippen LogP contribution in [0.15, 0.2) is 72.8 Å². The molecule has 32 heavy (non-hydrogen) atoms. The number of benzene rings is 3. The van der Waals surface area contributed by atoms with Crippen molar-refractivity contribution in [3.63, 3.8) is 0 Å². The van der Waals surface area contributed by atoms with Crippen LogP contribution in [0, 0.1) is 0 Å². The van der Waals surface area contributed by atoms with E-state index in [0.717, 1.165) is 12.8 Å². The van der Waals surface area contributed by atoms with Gasteiger partial charge in [0.05, 0.1) is 0 Å². The van der Waals surface area contributed by atoms with Crippen molar-refractivity contribution in [2.75, 3.05) is 6.61 Å². The molecule has 0 spiro atoms. The summed E-state index contributed by atoms with van der Waals surface area (Å²) in [6.07, 6.45) is 6.01. The molecule has 0 saturated heterocycles. The van der Waals surface area contributed by atoms with E-state index in [1.165, 1.54) is 42.2 Å². The average Bonchev–Trinajstić information content (AvgIpc) is 3.38. The molecule has 0 amide bonds. The number of rotatable bonds is 5. The van der Waals surface area contributed by atoms with Crippen molar-refractivity contribution in [3.8, 4) is 11.1 Å². The molecule has 3 aromatic carbocycles. The Bertz CT molecular complexity index is 1310. The molecule has 2 aliphatic rings. The van der Waals surface area contributed by atoms with E-state index in [1.54, 1.807) is 0 Å². The van der Waals surface area contributed by atoms with Crippen LogP contribution in [-0.4, -0.2) is 14.9 Å². The van der Waals surface area contributed by atoms with Crippen LogP contribution in [0.1, 0.15) is 55.3 Å². The SMILES string of the molecule is C[C](C)=[Zr]([Cl])([Cl])([CH]1C=Cc2ccccc21)[CH]1c2ccccc2-c2cccc(CCCO)c21. The maximum atomic E-state index is 9.54. The van der Waals surface area contributed by atoms with Gasteiger partial charge in [0, 0.05) is 0 Å². The molecule has 2 unspecified atom stereocenters. The number of halogens is 2. The van der Waals surface area contributed by atoms with E-state index in [2.05, 4.69) is 92.7 Å². The molecule has 0 bridgehead atoms. The van der Waals surface area contributed by atoms with E-state index in [0.29, 0.717) is 0 Å². The van der Waals surface area contributed by atoms with Gasteiger partial charge in [-0.05, 0) is 0 Å². The maximum absolute atomic E-state index is 9.54. The minimum absolute atomic E-state index is 0.0216. The Morgan fingerprint density at radius 3 is 2.31 bits per heavy atom. The first-order chi connectivity index (χ1) is 15.4. The summed E-state index contributed by atoms with van der Waals surface area (Å²) in [4.78, 5) is 0. The molecule has 1 nitrogen and oxygen atoms in total. The Kier molecular flexibility index (Phi) is 5.74. The number of hydrogen-bond donors (Lipinski definition) is 1. The summed E-state index contributed by atoms with van der Waals surface area (Å²) < 4.78 is 1.19. The van der Waals surface area contributed by atoms with E-state index in [4.69, 9.17) is 17.0 Å². The van der Waals surface area contributed by atoms with Gasteiger partial charge in [0.15, 0.2) is 0 Å². The van der Waals surface area contributed by atoms with Gasteiger partial charge in [-0.2, -0.15) is 0 Å². The third-order valence-corrected chi connectivity index (χ3v) is 30.2. The van der Waals surface area contributed by atoms with Crippen LogP contribution in [0.5, 0.6) is 0 Å². The van der Waals surface area contributed by atoms with Crippen molar-refractivity contribution < 1.29 is 21.0 Å². The third kappa shape index (κ3) is 3.14. The molecule has 2 aliphatic carbocycles. The zero-order chi connectivity index (χ0) is 22.5. The van der Waals surface area contributed by atoms with E-state index in [9.17, 15) is 5.11 Å². The van der Waals surface area contributed by atoms with Crippen LogP contribution in [-0.2, 0) is 22.3 Å². The van der Waals surface area contributed by atoms with Crippen LogP contribution in [0.3, 0.4) is 0 Å². The van der Waals surface area contributed by atoms with Crippen LogP contribution in [0.4, 0.5) is 0 Å². The molecular formula is C28H28Cl2OZr. The van der Waals surface area contributed by atoms with Gasteiger partial charge in [-0.1, -0.05) is 0 Å². The summed E-state index contributed by atoms with van der Waals surface area (Å²) >= 11 is -4.79. The predicted octanol–water partition coefficient (Wildman–Crippen LogP) is 7.66. The summed E-state index contributed by atoms with van der Waals surface area (Å²) in [6.45, 7) is 4.48. The van der Waals surface area contributed by atoms with Gasteiger partial charge in [-0.15, -0.1) is 0 Å². The minimum atomic E-state index is -4.79. The Labute approximate surface area is 198 Å². The number of aliphatic hydroxyl groups is 1. The molecule has 5 rings (SSSR count). The zero-order valence-corrected chi connectivity index (χ0v) is 22.5. The van der Waals surface area contributed by atoms with Gasteiger partial charge >= 0.3 is 200 Å². The van der Waals surface area contributed by atoms with Crippen molar-refractivity contribution >= 4 is 26.3 Å². The quantitative estimate of drug-likeness (QED) is 0.351. The molecular weight excluding hydrogens is 514 g/mol. The molecule has 3 aromatic rings. The van der Waals surface area contributed by atoms with Crippen molar-refractivity contribution in [1.29, 1.82) is 0 Å². The number of allylic oxidation sites excluding steroid dienone is 1. The van der Waals surface area contributed by atoms with Crippen LogP contribution in [0.25, 0.3) is 17.2 Å². The topological polar surface area (TPSA) is 20.2 Å². The first kappa shape index (κ1) is 22.5. The van der Waals surface area contributed by atoms with E-state index in [1.807, 2.05) is 0 Å². The van der Waals surface area contributed by atoms with Crippen LogP contribution >= 0.6 is 17.0 Å². The first-order valence-electron chi connectivity index (χ1n) is 11.3. The Hall–Kier alpha value is -1.31. The van der Waals surface area contributed by atoms with Gasteiger partial charge in [0.2, 0.25) is 0 Å². The van der Waals surface area contributed by atoms with Crippen LogP contribution < -0.4 is 0 Å². The molecule has 4 heteroatoms. The number of aliphatic hydroxyl groups excluding tert-OH is 1. The normalized spacial score (nSPS) is 18.9. The van der Waals surface area contributed by atoms with Gasteiger partial charge in [0.1, 0.15) is 0 Å². The predicted molar refractivity (Wildman–Crippen MR) is 135 cm³/mol. The molecule has 164 valence electrons. The molecule has 0 heterocycles. The number of hydrogen-bond acceptors (Lipinski definition) is 1. The number of fused-ring (bicyclic) bond motifs is 4. The second kappa shape index (κ2) is 8.17. The van der Waals surface area contributed by atoms with Crippen LogP contribution in [0.2, 0.25) is 0 Å². The van der Waals surface area contributed by atoms with Crippen molar-refractivity contribution in [2.45, 2.75) is 33.9 Å². The van der Waals surface area contributed by atoms with E-state index >= 15 is 0 Å². The third-order valence-electron chi connectivity index (χ3n) is 7.51. The second-order valence-electron chi connectivity index (χ2n) is 9.34. The van der Waals surface area contributed by atoms with Crippen molar-refractivity contribution in [2.24, 2.45) is 0 Å². The molecule has 2 atom stereocenters. The van der Waals surface area contributed by atoms with Crippen molar-refractivity contribution in [1.82, 2.24) is 0 Å². The fourth-order valence-corrected chi connectivity index (χ4v) is 21.9. The van der Waals surface area contributed by atoms with E-state index in [-0.39, 0.29) is 13.9 Å². The fourth-order valence-electron chi connectivity index (χ4n) is 5.87. The fraction of sp³-hybridized carbons (Fsp3) is 0.250. The standard InChI is InChI=1S/C16H15O.C9H7.C3H6.2ClH.Zr/c17-10-4-7-12-6-3-9-15-14-8-2-1-5-13(14)11-16(12)15;1-2-5-9-7-3-6-8(9)4-1;1-3-2;;;/h1-3,5-6,8-9,11,17H,4,7,10H2;1-7H;1-2H3;2*1H;/q;;;;;+2/p-2. The zero-order valence-electron chi connectivity index (χ0n) is 18.5. The van der Waals surface area contributed by atoms with E-state index < -0.39 is 15.9 Å². The first-order valence-corrected chi connectivity index (χ1v) is 21.7. The molecule has 0 fully saturated rings. The van der Waals surface area contributed by atoms with Gasteiger partial charge in [-0.25, -0.2) is 0 Å². The monoisotopic (exact) mass is 540 g/mol. The average molecular weight is 543 g/mol. The molecule has 0 saturated carbocycles. The molecule has 0 aliphatic heterocycles. The Morgan fingerprint density at radius 2 is 1.56 bits per heavy atom. The Morgan fingerprint density at radius 1 is 0.875 bits per heavy atom. The summed E-state index contributed by atoms with van der Waals surface area (Å²) in [5, 5.41) is 9.54. The number of aryl methyl sites for hydroxylation is 1.